The lowest BCUT2D eigenvalue weighted by molar-refractivity contribution is -0.127. The minimum Gasteiger partial charge on any atom is -0.494 e. The maximum absolute atomic E-state index is 13.9. The van der Waals surface area contributed by atoms with Crippen molar-refractivity contribution in [3.05, 3.63) is 29.6 Å². The summed E-state index contributed by atoms with van der Waals surface area (Å²) in [6, 6.07) is 4.33. The normalized spacial score (nSPS) is 16.6. The van der Waals surface area contributed by atoms with Crippen LogP contribution in [0.15, 0.2) is 18.2 Å². The summed E-state index contributed by atoms with van der Waals surface area (Å²) in [7, 11) is 1.41. The predicted octanol–water partition coefficient (Wildman–Crippen LogP) is 3.66. The van der Waals surface area contributed by atoms with Gasteiger partial charge in [-0.15, -0.1) is 0 Å². The van der Waals surface area contributed by atoms with E-state index in [1.165, 1.54) is 13.2 Å². The van der Waals surface area contributed by atoms with Gasteiger partial charge in [0.25, 0.3) is 0 Å². The lowest BCUT2D eigenvalue weighted by Crippen LogP contribution is -2.45. The predicted molar refractivity (Wildman–Crippen MR) is 100 cm³/mol. The van der Waals surface area contributed by atoms with Gasteiger partial charge in [0.1, 0.15) is 5.60 Å². The number of amides is 2. The number of benzene rings is 1. The maximum Gasteiger partial charge on any atom is 0.410 e. The molecule has 0 saturated carbocycles. The number of hydrogen-bond acceptors (Lipinski definition) is 4. The second kappa shape index (κ2) is 8.59. The van der Waals surface area contributed by atoms with E-state index in [1.807, 2.05) is 27.7 Å². The first kappa shape index (κ1) is 21.0. The SMILES string of the molecule is COc1ccc([C@H](C)NC(=O)C2CCN(C(=O)OC(C)(C)C)CC2)cc1F. The molecule has 1 fully saturated rings. The fourth-order valence-electron chi connectivity index (χ4n) is 3.02. The molecular weight excluding hydrogens is 351 g/mol. The smallest absolute Gasteiger partial charge is 0.410 e. The molecule has 1 aliphatic heterocycles. The molecule has 0 aromatic heterocycles. The molecule has 0 unspecified atom stereocenters. The van der Waals surface area contributed by atoms with Gasteiger partial charge >= 0.3 is 6.09 Å². The van der Waals surface area contributed by atoms with Gasteiger partial charge in [-0.05, 0) is 58.2 Å². The lowest BCUT2D eigenvalue weighted by atomic mass is 9.95. The molecule has 0 spiro atoms. The fraction of sp³-hybridized carbons (Fsp3) is 0.600. The highest BCUT2D eigenvalue weighted by atomic mass is 19.1. The number of likely N-dealkylation sites (tertiary alicyclic amines) is 1. The van der Waals surface area contributed by atoms with Crippen molar-refractivity contribution < 1.29 is 23.5 Å². The van der Waals surface area contributed by atoms with Crippen molar-refractivity contribution in [2.24, 2.45) is 5.92 Å². The van der Waals surface area contributed by atoms with Crippen LogP contribution in [-0.2, 0) is 9.53 Å². The number of ether oxygens (including phenoxy) is 2. The van der Waals surface area contributed by atoms with E-state index in [0.717, 1.165) is 0 Å². The van der Waals surface area contributed by atoms with Crippen LogP contribution in [0, 0.1) is 11.7 Å². The lowest BCUT2D eigenvalue weighted by Gasteiger charge is -2.33. The van der Waals surface area contributed by atoms with Crippen LogP contribution in [0.3, 0.4) is 0 Å². The minimum atomic E-state index is -0.533. The Kier molecular flexibility index (Phi) is 6.68. The summed E-state index contributed by atoms with van der Waals surface area (Å²) in [6.07, 6.45) is 0.812. The first-order valence-electron chi connectivity index (χ1n) is 9.22. The van der Waals surface area contributed by atoms with E-state index in [4.69, 9.17) is 9.47 Å². The van der Waals surface area contributed by atoms with Gasteiger partial charge in [0.15, 0.2) is 11.6 Å². The Labute approximate surface area is 160 Å². The number of piperidine rings is 1. The first-order chi connectivity index (χ1) is 12.6. The van der Waals surface area contributed by atoms with E-state index in [9.17, 15) is 14.0 Å². The van der Waals surface area contributed by atoms with E-state index in [1.54, 1.807) is 17.0 Å². The van der Waals surface area contributed by atoms with Crippen molar-refractivity contribution in [3.63, 3.8) is 0 Å². The molecule has 0 radical (unpaired) electrons. The van der Waals surface area contributed by atoms with Crippen molar-refractivity contribution in [3.8, 4) is 5.75 Å². The van der Waals surface area contributed by atoms with Crippen LogP contribution in [0.25, 0.3) is 0 Å². The molecule has 0 aliphatic carbocycles. The molecule has 2 amide bonds. The third-order valence-electron chi connectivity index (χ3n) is 4.55. The summed E-state index contributed by atoms with van der Waals surface area (Å²) in [6.45, 7) is 8.27. The zero-order valence-electron chi connectivity index (χ0n) is 16.7. The van der Waals surface area contributed by atoms with Crippen LogP contribution >= 0.6 is 0 Å². The Morgan fingerprint density at radius 3 is 2.41 bits per heavy atom. The number of nitrogens with zero attached hydrogens (tertiary/aromatic N) is 1. The monoisotopic (exact) mass is 380 g/mol. The number of carbonyl (C=O) groups excluding carboxylic acids is 2. The van der Waals surface area contributed by atoms with Crippen LogP contribution in [-0.4, -0.2) is 42.7 Å². The topological polar surface area (TPSA) is 67.9 Å². The van der Waals surface area contributed by atoms with Gasteiger partial charge in [0.2, 0.25) is 5.91 Å². The Morgan fingerprint density at radius 1 is 1.26 bits per heavy atom. The number of nitrogens with one attached hydrogen (secondary N) is 1. The highest BCUT2D eigenvalue weighted by Crippen LogP contribution is 2.24. The standard InChI is InChI=1S/C20H29FN2O4/c1-13(15-6-7-17(26-5)16(21)12-15)22-18(24)14-8-10-23(11-9-14)19(25)27-20(2,3)4/h6-7,12-14H,8-11H2,1-5H3,(H,22,24)/t13-/m0/s1. The Bertz CT molecular complexity index is 679. The van der Waals surface area contributed by atoms with E-state index in [2.05, 4.69) is 5.32 Å². The summed E-state index contributed by atoms with van der Waals surface area (Å²) in [5, 5.41) is 2.93. The highest BCUT2D eigenvalue weighted by Gasteiger charge is 2.30. The van der Waals surface area contributed by atoms with Crippen molar-refractivity contribution in [2.75, 3.05) is 20.2 Å². The zero-order chi connectivity index (χ0) is 20.2. The van der Waals surface area contributed by atoms with Crippen molar-refractivity contribution in [1.29, 1.82) is 0 Å². The van der Waals surface area contributed by atoms with Crippen LogP contribution in [0.4, 0.5) is 9.18 Å². The van der Waals surface area contributed by atoms with E-state index in [-0.39, 0.29) is 29.7 Å². The van der Waals surface area contributed by atoms with Crippen molar-refractivity contribution in [1.82, 2.24) is 10.2 Å². The number of carbonyl (C=O) groups is 2. The minimum absolute atomic E-state index is 0.0810. The Morgan fingerprint density at radius 2 is 1.89 bits per heavy atom. The first-order valence-corrected chi connectivity index (χ1v) is 9.22. The highest BCUT2D eigenvalue weighted by molar-refractivity contribution is 5.79. The maximum atomic E-state index is 13.9. The van der Waals surface area contributed by atoms with Gasteiger partial charge in [-0.1, -0.05) is 6.07 Å². The average Bonchev–Trinajstić information content (AvgIpc) is 2.60. The molecular formula is C20H29FN2O4. The van der Waals surface area contributed by atoms with Crippen LogP contribution in [0.2, 0.25) is 0 Å². The summed E-state index contributed by atoms with van der Waals surface area (Å²) >= 11 is 0. The summed E-state index contributed by atoms with van der Waals surface area (Å²) in [5.74, 6) is -0.537. The van der Waals surface area contributed by atoms with E-state index >= 15 is 0 Å². The van der Waals surface area contributed by atoms with Crippen LogP contribution in [0.5, 0.6) is 5.75 Å². The summed E-state index contributed by atoms with van der Waals surface area (Å²) in [4.78, 5) is 26.3. The van der Waals surface area contributed by atoms with Gasteiger partial charge in [-0.3, -0.25) is 4.79 Å². The van der Waals surface area contributed by atoms with Gasteiger partial charge in [-0.2, -0.15) is 0 Å². The van der Waals surface area contributed by atoms with Gasteiger partial charge < -0.3 is 19.7 Å². The number of hydrogen-bond donors (Lipinski definition) is 1. The molecule has 6 nitrogen and oxygen atoms in total. The van der Waals surface area contributed by atoms with E-state index < -0.39 is 11.4 Å². The van der Waals surface area contributed by atoms with Gasteiger partial charge in [0.05, 0.1) is 13.2 Å². The van der Waals surface area contributed by atoms with Crippen molar-refractivity contribution in [2.45, 2.75) is 52.2 Å². The largest absolute Gasteiger partial charge is 0.494 e. The summed E-state index contributed by atoms with van der Waals surface area (Å²) in [5.41, 5.74) is 0.141. The molecule has 7 heteroatoms. The number of rotatable bonds is 4. The molecule has 1 saturated heterocycles. The molecule has 2 rings (SSSR count). The average molecular weight is 380 g/mol. The third-order valence-corrected chi connectivity index (χ3v) is 4.55. The van der Waals surface area contributed by atoms with Gasteiger partial charge in [-0.25, -0.2) is 9.18 Å². The molecule has 27 heavy (non-hydrogen) atoms. The Hall–Kier alpha value is -2.31. The molecule has 0 bridgehead atoms. The van der Waals surface area contributed by atoms with Crippen LogP contribution in [0.1, 0.15) is 52.1 Å². The van der Waals surface area contributed by atoms with E-state index in [0.29, 0.717) is 31.5 Å². The van der Waals surface area contributed by atoms with Crippen LogP contribution < -0.4 is 10.1 Å². The molecule has 1 aliphatic rings. The molecule has 1 aromatic rings. The third kappa shape index (κ3) is 5.84. The number of methoxy groups -OCH3 is 1. The quantitative estimate of drug-likeness (QED) is 0.866. The summed E-state index contributed by atoms with van der Waals surface area (Å²) < 4.78 is 24.1. The Balaban J connectivity index is 1.87. The number of halogens is 1. The molecule has 1 aromatic carbocycles. The van der Waals surface area contributed by atoms with Gasteiger partial charge in [0, 0.05) is 19.0 Å². The zero-order valence-corrected chi connectivity index (χ0v) is 16.7. The second-order valence-electron chi connectivity index (χ2n) is 7.87. The second-order valence-corrected chi connectivity index (χ2v) is 7.87. The fourth-order valence-corrected chi connectivity index (χ4v) is 3.02. The molecule has 150 valence electrons. The molecule has 1 atom stereocenters. The van der Waals surface area contributed by atoms with Crippen molar-refractivity contribution >= 4 is 12.0 Å². The molecule has 1 heterocycles. The molecule has 1 N–H and O–H groups in total.